The van der Waals surface area contributed by atoms with Crippen LogP contribution in [0.3, 0.4) is 0 Å². The predicted octanol–water partition coefficient (Wildman–Crippen LogP) is 3.09. The molecule has 2 aromatic carbocycles. The standard InChI is InChI=1S/C22H23NO3/c24-15-21(26)9-5-16-1-3-17(4-2-16)14-23-12-11-19-7-6-18-8-10-20(25)13-22(18)19/h1-5,7-10,13,23-25H,6,11-12,14-15H2/b9-5+. The van der Waals surface area contributed by atoms with Crippen molar-refractivity contribution in [3.05, 3.63) is 76.9 Å². The average Bonchev–Trinajstić information content (AvgIpc) is 3.06. The van der Waals surface area contributed by atoms with Crippen LogP contribution < -0.4 is 5.32 Å². The minimum Gasteiger partial charge on any atom is -0.508 e. The number of aliphatic hydroxyl groups is 1. The zero-order valence-electron chi connectivity index (χ0n) is 14.6. The highest BCUT2D eigenvalue weighted by atomic mass is 16.3. The van der Waals surface area contributed by atoms with Crippen molar-refractivity contribution in [2.75, 3.05) is 13.2 Å². The van der Waals surface area contributed by atoms with E-state index in [1.165, 1.54) is 28.3 Å². The molecule has 0 unspecified atom stereocenters. The number of fused-ring (bicyclic) bond motifs is 1. The summed E-state index contributed by atoms with van der Waals surface area (Å²) in [6, 6.07) is 13.5. The molecule has 3 rings (SSSR count). The van der Waals surface area contributed by atoms with E-state index in [-0.39, 0.29) is 5.78 Å². The van der Waals surface area contributed by atoms with E-state index in [1.807, 2.05) is 36.4 Å². The van der Waals surface area contributed by atoms with Gasteiger partial charge in [0.25, 0.3) is 0 Å². The van der Waals surface area contributed by atoms with Gasteiger partial charge in [-0.1, -0.05) is 42.5 Å². The number of allylic oxidation sites excluding steroid dienone is 1. The van der Waals surface area contributed by atoms with Crippen LogP contribution in [0.25, 0.3) is 11.6 Å². The number of rotatable bonds is 8. The number of phenolic OH excluding ortho intramolecular Hbond substituents is 1. The van der Waals surface area contributed by atoms with Crippen molar-refractivity contribution in [3.8, 4) is 5.75 Å². The molecule has 0 radical (unpaired) electrons. The van der Waals surface area contributed by atoms with Crippen LogP contribution in [0.1, 0.15) is 28.7 Å². The lowest BCUT2D eigenvalue weighted by Gasteiger charge is -2.08. The summed E-state index contributed by atoms with van der Waals surface area (Å²) in [5, 5.41) is 21.8. The third-order valence-corrected chi connectivity index (χ3v) is 4.51. The fourth-order valence-corrected chi connectivity index (χ4v) is 3.07. The zero-order chi connectivity index (χ0) is 18.4. The van der Waals surface area contributed by atoms with Crippen LogP contribution in [0.5, 0.6) is 5.75 Å². The Morgan fingerprint density at radius 1 is 1.15 bits per heavy atom. The Morgan fingerprint density at radius 3 is 2.73 bits per heavy atom. The van der Waals surface area contributed by atoms with Gasteiger partial charge in [0, 0.05) is 6.54 Å². The number of hydrogen-bond acceptors (Lipinski definition) is 4. The Labute approximate surface area is 153 Å². The lowest BCUT2D eigenvalue weighted by molar-refractivity contribution is -0.117. The Kier molecular flexibility index (Phi) is 6.00. The molecule has 0 saturated carbocycles. The maximum atomic E-state index is 11.1. The van der Waals surface area contributed by atoms with Crippen molar-refractivity contribution in [2.24, 2.45) is 0 Å². The number of phenols is 1. The van der Waals surface area contributed by atoms with E-state index in [2.05, 4.69) is 11.4 Å². The molecule has 0 bridgehead atoms. The van der Waals surface area contributed by atoms with Gasteiger partial charge in [-0.15, -0.1) is 0 Å². The van der Waals surface area contributed by atoms with Gasteiger partial charge >= 0.3 is 0 Å². The van der Waals surface area contributed by atoms with E-state index in [4.69, 9.17) is 5.11 Å². The van der Waals surface area contributed by atoms with Gasteiger partial charge in [-0.25, -0.2) is 0 Å². The molecule has 0 aromatic heterocycles. The number of benzene rings is 2. The van der Waals surface area contributed by atoms with Crippen LogP contribution in [-0.2, 0) is 17.8 Å². The number of nitrogens with one attached hydrogen (secondary N) is 1. The monoisotopic (exact) mass is 349 g/mol. The first-order valence-corrected chi connectivity index (χ1v) is 8.78. The van der Waals surface area contributed by atoms with Crippen molar-refractivity contribution < 1.29 is 15.0 Å². The smallest absolute Gasteiger partial charge is 0.181 e. The quantitative estimate of drug-likeness (QED) is 0.506. The fraction of sp³-hybridized carbons (Fsp3) is 0.227. The maximum Gasteiger partial charge on any atom is 0.181 e. The van der Waals surface area contributed by atoms with Gasteiger partial charge in [-0.3, -0.25) is 4.79 Å². The Bertz CT molecular complexity index is 835. The second-order valence-electron chi connectivity index (χ2n) is 6.40. The van der Waals surface area contributed by atoms with Gasteiger partial charge in [-0.2, -0.15) is 0 Å². The minimum absolute atomic E-state index is 0.299. The van der Waals surface area contributed by atoms with Crippen molar-refractivity contribution in [1.82, 2.24) is 5.32 Å². The lowest BCUT2D eigenvalue weighted by atomic mass is 10.0. The fourth-order valence-electron chi connectivity index (χ4n) is 3.07. The summed E-state index contributed by atoms with van der Waals surface area (Å²) < 4.78 is 0. The Morgan fingerprint density at radius 2 is 1.96 bits per heavy atom. The average molecular weight is 349 g/mol. The highest BCUT2D eigenvalue weighted by Gasteiger charge is 2.13. The highest BCUT2D eigenvalue weighted by molar-refractivity contribution is 5.94. The summed E-state index contributed by atoms with van der Waals surface area (Å²) >= 11 is 0. The highest BCUT2D eigenvalue weighted by Crippen LogP contribution is 2.31. The lowest BCUT2D eigenvalue weighted by Crippen LogP contribution is -2.14. The maximum absolute atomic E-state index is 11.1. The van der Waals surface area contributed by atoms with Crippen molar-refractivity contribution >= 4 is 17.4 Å². The molecular weight excluding hydrogens is 326 g/mol. The molecule has 0 amide bonds. The van der Waals surface area contributed by atoms with E-state index in [0.29, 0.717) is 5.75 Å². The van der Waals surface area contributed by atoms with Gasteiger partial charge in [-0.05, 0) is 65.4 Å². The van der Waals surface area contributed by atoms with Gasteiger partial charge < -0.3 is 15.5 Å². The number of aliphatic hydroxyl groups excluding tert-OH is 1. The molecule has 0 aliphatic heterocycles. The van der Waals surface area contributed by atoms with Crippen LogP contribution >= 0.6 is 0 Å². The first-order chi connectivity index (χ1) is 12.7. The summed E-state index contributed by atoms with van der Waals surface area (Å²) in [5.74, 6) is 0.0196. The van der Waals surface area contributed by atoms with Crippen LogP contribution in [-0.4, -0.2) is 29.1 Å². The number of carbonyl (C=O) groups is 1. The van der Waals surface area contributed by atoms with E-state index in [9.17, 15) is 9.90 Å². The number of aromatic hydroxyl groups is 1. The Balaban J connectivity index is 1.45. The van der Waals surface area contributed by atoms with E-state index in [0.717, 1.165) is 31.5 Å². The molecule has 1 aliphatic rings. The van der Waals surface area contributed by atoms with Gasteiger partial charge in [0.15, 0.2) is 5.78 Å². The molecule has 0 heterocycles. The summed E-state index contributed by atoms with van der Waals surface area (Å²) in [6.45, 7) is 1.19. The van der Waals surface area contributed by atoms with Crippen LogP contribution in [0.4, 0.5) is 0 Å². The second kappa shape index (κ2) is 8.61. The molecule has 0 saturated heterocycles. The summed E-state index contributed by atoms with van der Waals surface area (Å²) in [6.07, 6.45) is 7.20. The first-order valence-electron chi connectivity index (χ1n) is 8.78. The topological polar surface area (TPSA) is 69.6 Å². The molecule has 134 valence electrons. The number of carbonyl (C=O) groups excluding carboxylic acids is 1. The molecule has 0 fully saturated rings. The SMILES string of the molecule is O=C(/C=C/c1ccc(CNCCC2=CCc3ccc(O)cc32)cc1)CO. The molecule has 3 N–H and O–H groups in total. The summed E-state index contributed by atoms with van der Waals surface area (Å²) in [7, 11) is 0. The predicted molar refractivity (Wildman–Crippen MR) is 104 cm³/mol. The van der Waals surface area contributed by atoms with Crippen LogP contribution in [0.15, 0.2) is 54.6 Å². The largest absolute Gasteiger partial charge is 0.508 e. The molecule has 0 atom stereocenters. The van der Waals surface area contributed by atoms with Crippen LogP contribution in [0, 0.1) is 0 Å². The van der Waals surface area contributed by atoms with Crippen molar-refractivity contribution in [3.63, 3.8) is 0 Å². The van der Waals surface area contributed by atoms with E-state index in [1.54, 1.807) is 12.1 Å². The number of ketones is 1. The summed E-state index contributed by atoms with van der Waals surface area (Å²) in [5.41, 5.74) is 5.84. The molecule has 26 heavy (non-hydrogen) atoms. The Hall–Kier alpha value is -2.69. The zero-order valence-corrected chi connectivity index (χ0v) is 14.6. The molecule has 1 aliphatic carbocycles. The van der Waals surface area contributed by atoms with E-state index < -0.39 is 6.61 Å². The van der Waals surface area contributed by atoms with Crippen molar-refractivity contribution in [2.45, 2.75) is 19.4 Å². The number of hydrogen-bond donors (Lipinski definition) is 3. The molecule has 0 spiro atoms. The van der Waals surface area contributed by atoms with Gasteiger partial charge in [0.2, 0.25) is 0 Å². The van der Waals surface area contributed by atoms with E-state index >= 15 is 0 Å². The van der Waals surface area contributed by atoms with Crippen molar-refractivity contribution in [1.29, 1.82) is 0 Å². The third-order valence-electron chi connectivity index (χ3n) is 4.51. The van der Waals surface area contributed by atoms with Gasteiger partial charge in [0.1, 0.15) is 12.4 Å². The first kappa shape index (κ1) is 18.1. The molecular formula is C22H23NO3. The molecule has 2 aromatic rings. The minimum atomic E-state index is -0.459. The third kappa shape index (κ3) is 4.69. The summed E-state index contributed by atoms with van der Waals surface area (Å²) in [4.78, 5) is 11.1. The van der Waals surface area contributed by atoms with Crippen LogP contribution in [0.2, 0.25) is 0 Å². The molecule has 4 nitrogen and oxygen atoms in total. The normalized spacial score (nSPS) is 13.0. The van der Waals surface area contributed by atoms with Gasteiger partial charge in [0.05, 0.1) is 0 Å². The molecule has 4 heteroatoms. The second-order valence-corrected chi connectivity index (χ2v) is 6.40.